The van der Waals surface area contributed by atoms with Crippen molar-refractivity contribution in [3.63, 3.8) is 0 Å². The van der Waals surface area contributed by atoms with Gasteiger partial charge in [-0.2, -0.15) is 5.10 Å². The molecule has 0 aliphatic carbocycles. The highest BCUT2D eigenvalue weighted by atomic mass is 127. The van der Waals surface area contributed by atoms with Crippen molar-refractivity contribution in [2.45, 2.75) is 26.3 Å². The Balaban J connectivity index is 1.79. The number of aryl methyl sites for hydroxylation is 1. The summed E-state index contributed by atoms with van der Waals surface area (Å²) in [6.07, 6.45) is 2.71. The van der Waals surface area contributed by atoms with Crippen LogP contribution in [0.25, 0.3) is 32.9 Å². The van der Waals surface area contributed by atoms with E-state index in [0.717, 1.165) is 51.7 Å². The lowest BCUT2D eigenvalue weighted by Crippen LogP contribution is -2.12. The van der Waals surface area contributed by atoms with Gasteiger partial charge in [0.25, 0.3) is 5.56 Å². The zero-order chi connectivity index (χ0) is 21.0. The summed E-state index contributed by atoms with van der Waals surface area (Å²) < 4.78 is 13.7. The van der Waals surface area contributed by atoms with E-state index in [-0.39, 0.29) is 11.6 Å². The molecule has 0 saturated carbocycles. The first-order chi connectivity index (χ1) is 14.5. The van der Waals surface area contributed by atoms with Crippen LogP contribution >= 0.6 is 22.6 Å². The SMILES string of the molecule is COc1ncc(C)c(-c2ccc3c(c2)[nH]c(=O)c2c(I)nn(C4CCOC4)c23)c1C. The number of hydrogen-bond donors (Lipinski definition) is 1. The van der Waals surface area contributed by atoms with Gasteiger partial charge in [-0.15, -0.1) is 0 Å². The fourth-order valence-electron chi connectivity index (χ4n) is 4.41. The summed E-state index contributed by atoms with van der Waals surface area (Å²) in [6, 6.07) is 6.33. The predicted molar refractivity (Wildman–Crippen MR) is 124 cm³/mol. The molecule has 1 aliphatic rings. The summed E-state index contributed by atoms with van der Waals surface area (Å²) in [6.45, 7) is 5.37. The lowest BCUT2D eigenvalue weighted by atomic mass is 9.96. The molecule has 1 fully saturated rings. The topological polar surface area (TPSA) is 82.0 Å². The molecule has 30 heavy (non-hydrogen) atoms. The van der Waals surface area contributed by atoms with E-state index in [0.29, 0.717) is 21.6 Å². The van der Waals surface area contributed by atoms with Gasteiger partial charge in [-0.1, -0.05) is 12.1 Å². The quantitative estimate of drug-likeness (QED) is 0.415. The van der Waals surface area contributed by atoms with E-state index in [2.05, 4.69) is 44.7 Å². The molecule has 1 atom stereocenters. The Labute approximate surface area is 186 Å². The first kappa shape index (κ1) is 19.5. The lowest BCUT2D eigenvalue weighted by Gasteiger charge is -2.14. The van der Waals surface area contributed by atoms with Crippen LogP contribution in [-0.4, -0.2) is 40.1 Å². The fourth-order valence-corrected chi connectivity index (χ4v) is 5.14. The smallest absolute Gasteiger partial charge is 0.260 e. The Bertz CT molecular complexity index is 1350. The van der Waals surface area contributed by atoms with Gasteiger partial charge in [-0.25, -0.2) is 4.98 Å². The van der Waals surface area contributed by atoms with Gasteiger partial charge >= 0.3 is 0 Å². The van der Waals surface area contributed by atoms with Crippen LogP contribution in [0.3, 0.4) is 0 Å². The molecule has 3 aromatic heterocycles. The highest BCUT2D eigenvalue weighted by molar-refractivity contribution is 14.1. The number of pyridine rings is 2. The summed E-state index contributed by atoms with van der Waals surface area (Å²) in [7, 11) is 1.62. The van der Waals surface area contributed by atoms with Crippen molar-refractivity contribution < 1.29 is 9.47 Å². The molecule has 1 N–H and O–H groups in total. The fraction of sp³-hybridized carbons (Fsp3) is 0.318. The van der Waals surface area contributed by atoms with Crippen molar-refractivity contribution >= 4 is 44.4 Å². The first-order valence-electron chi connectivity index (χ1n) is 9.81. The maximum atomic E-state index is 12.9. The number of rotatable bonds is 3. The van der Waals surface area contributed by atoms with E-state index in [9.17, 15) is 4.79 Å². The molecular formula is C22H21IN4O3. The van der Waals surface area contributed by atoms with Gasteiger partial charge in [-0.3, -0.25) is 9.48 Å². The number of halogens is 1. The standard InChI is InChI=1S/C22H21IN4O3/c1-11-9-24-22(29-3)12(2)17(11)13-4-5-15-16(8-13)25-21(28)18-19(15)27(26-20(18)23)14-6-7-30-10-14/h4-5,8-9,14H,6-7,10H2,1-3H3,(H,25,28). The molecule has 0 radical (unpaired) electrons. The van der Waals surface area contributed by atoms with E-state index in [1.54, 1.807) is 7.11 Å². The van der Waals surface area contributed by atoms with E-state index in [1.165, 1.54) is 0 Å². The second kappa shape index (κ2) is 7.35. The van der Waals surface area contributed by atoms with E-state index >= 15 is 0 Å². The van der Waals surface area contributed by atoms with Crippen LogP contribution in [0.4, 0.5) is 0 Å². The van der Waals surface area contributed by atoms with Crippen LogP contribution in [0.5, 0.6) is 5.88 Å². The van der Waals surface area contributed by atoms with E-state index < -0.39 is 0 Å². The van der Waals surface area contributed by atoms with Crippen molar-refractivity contribution in [1.29, 1.82) is 0 Å². The predicted octanol–water partition coefficient (Wildman–Crippen LogP) is 4.13. The van der Waals surface area contributed by atoms with E-state index in [4.69, 9.17) is 14.6 Å². The van der Waals surface area contributed by atoms with Crippen molar-refractivity contribution in [2.24, 2.45) is 0 Å². The largest absolute Gasteiger partial charge is 0.481 e. The Morgan fingerprint density at radius 1 is 1.33 bits per heavy atom. The average molecular weight is 516 g/mol. The Kier molecular flexibility index (Phi) is 4.78. The van der Waals surface area contributed by atoms with Crippen molar-refractivity contribution in [2.75, 3.05) is 20.3 Å². The van der Waals surface area contributed by atoms with Crippen LogP contribution in [-0.2, 0) is 4.74 Å². The summed E-state index contributed by atoms with van der Waals surface area (Å²) in [4.78, 5) is 20.4. The molecule has 1 aliphatic heterocycles. The minimum atomic E-state index is -0.120. The average Bonchev–Trinajstić information content (AvgIpc) is 3.36. The number of aromatic amines is 1. The maximum absolute atomic E-state index is 12.9. The normalized spacial score (nSPS) is 16.6. The van der Waals surface area contributed by atoms with Gasteiger partial charge in [0, 0.05) is 23.8 Å². The number of H-pyrrole nitrogens is 1. The number of methoxy groups -OCH3 is 1. The van der Waals surface area contributed by atoms with Gasteiger partial charge in [0.2, 0.25) is 5.88 Å². The van der Waals surface area contributed by atoms with Crippen LogP contribution < -0.4 is 10.3 Å². The van der Waals surface area contributed by atoms with Crippen molar-refractivity contribution in [1.82, 2.24) is 19.7 Å². The molecule has 0 bridgehead atoms. The molecule has 1 unspecified atom stereocenters. The molecule has 154 valence electrons. The van der Waals surface area contributed by atoms with Gasteiger partial charge in [0.1, 0.15) is 3.70 Å². The number of hydrogen-bond acceptors (Lipinski definition) is 5. The minimum absolute atomic E-state index is 0.120. The third-order valence-corrected chi connectivity index (χ3v) is 6.57. The maximum Gasteiger partial charge on any atom is 0.260 e. The number of benzene rings is 1. The van der Waals surface area contributed by atoms with Gasteiger partial charge < -0.3 is 14.5 Å². The molecular weight excluding hydrogens is 495 g/mol. The Morgan fingerprint density at radius 2 is 2.17 bits per heavy atom. The molecule has 5 rings (SSSR count). The molecule has 8 heteroatoms. The molecule has 0 amide bonds. The van der Waals surface area contributed by atoms with Crippen LogP contribution in [0.2, 0.25) is 0 Å². The van der Waals surface area contributed by atoms with Gasteiger partial charge in [0.05, 0.1) is 36.2 Å². The monoisotopic (exact) mass is 516 g/mol. The number of aromatic nitrogens is 4. The molecule has 1 aromatic carbocycles. The Morgan fingerprint density at radius 3 is 2.90 bits per heavy atom. The molecule has 4 heterocycles. The zero-order valence-electron chi connectivity index (χ0n) is 17.0. The van der Waals surface area contributed by atoms with Crippen LogP contribution in [0.1, 0.15) is 23.6 Å². The minimum Gasteiger partial charge on any atom is -0.481 e. The van der Waals surface area contributed by atoms with Crippen molar-refractivity contribution in [3.05, 3.63) is 49.6 Å². The number of fused-ring (bicyclic) bond motifs is 3. The summed E-state index contributed by atoms with van der Waals surface area (Å²) in [5.41, 5.74) is 5.65. The Hall–Kier alpha value is -2.46. The van der Waals surface area contributed by atoms with E-state index in [1.807, 2.05) is 30.8 Å². The zero-order valence-corrected chi connectivity index (χ0v) is 19.1. The number of ether oxygens (including phenoxy) is 2. The summed E-state index contributed by atoms with van der Waals surface area (Å²) in [5, 5.41) is 6.31. The highest BCUT2D eigenvalue weighted by Gasteiger charge is 2.25. The molecule has 1 saturated heterocycles. The third kappa shape index (κ3) is 2.92. The molecule has 7 nitrogen and oxygen atoms in total. The highest BCUT2D eigenvalue weighted by Crippen LogP contribution is 2.35. The molecule has 0 spiro atoms. The second-order valence-electron chi connectivity index (χ2n) is 7.64. The second-order valence-corrected chi connectivity index (χ2v) is 8.66. The number of nitrogens with zero attached hydrogens (tertiary/aromatic N) is 3. The van der Waals surface area contributed by atoms with Gasteiger partial charge in [0.15, 0.2) is 0 Å². The lowest BCUT2D eigenvalue weighted by molar-refractivity contribution is 0.185. The van der Waals surface area contributed by atoms with Crippen LogP contribution in [0, 0.1) is 17.5 Å². The van der Waals surface area contributed by atoms with Crippen LogP contribution in [0.15, 0.2) is 29.2 Å². The van der Waals surface area contributed by atoms with Crippen molar-refractivity contribution in [3.8, 4) is 17.0 Å². The summed E-state index contributed by atoms with van der Waals surface area (Å²) in [5.74, 6) is 0.605. The first-order valence-corrected chi connectivity index (χ1v) is 10.9. The summed E-state index contributed by atoms with van der Waals surface area (Å²) >= 11 is 2.14. The molecule has 4 aromatic rings. The third-order valence-electron chi connectivity index (χ3n) is 5.82. The number of nitrogens with one attached hydrogen (secondary N) is 1. The van der Waals surface area contributed by atoms with Gasteiger partial charge in [-0.05, 0) is 65.6 Å².